The molecule has 2 atom stereocenters. The number of phenolic OH excluding ortho intramolecular Hbond substituents is 1. The molecule has 0 fully saturated rings. The fourth-order valence-electron chi connectivity index (χ4n) is 2.76. The number of rotatable bonds is 8. The lowest BCUT2D eigenvalue weighted by atomic mass is 9.98. The third kappa shape index (κ3) is 5.42. The van der Waals surface area contributed by atoms with Gasteiger partial charge in [0.15, 0.2) is 6.10 Å². The minimum absolute atomic E-state index is 0.0932. The van der Waals surface area contributed by atoms with Crippen LogP contribution in [0, 0.1) is 0 Å². The van der Waals surface area contributed by atoms with Crippen molar-refractivity contribution < 1.29 is 30.0 Å². The van der Waals surface area contributed by atoms with Gasteiger partial charge >= 0.3 is 5.97 Å². The summed E-state index contributed by atoms with van der Waals surface area (Å²) in [5, 5.41) is 40.9. The van der Waals surface area contributed by atoms with Gasteiger partial charge in [0.05, 0.1) is 19.3 Å². The van der Waals surface area contributed by atoms with E-state index in [0.717, 1.165) is 5.39 Å². The number of hydrogen-bond acceptors (Lipinski definition) is 6. The molecule has 2 rings (SSSR count). The third-order valence-electron chi connectivity index (χ3n) is 4.13. The Morgan fingerprint density at radius 3 is 2.56 bits per heavy atom. The van der Waals surface area contributed by atoms with Gasteiger partial charge in [0.1, 0.15) is 5.75 Å². The molecule has 0 saturated carbocycles. The van der Waals surface area contributed by atoms with Crippen LogP contribution in [0.1, 0.15) is 31.4 Å². The molecule has 0 aliphatic carbocycles. The first-order chi connectivity index (χ1) is 13.0. The normalized spacial score (nSPS) is 12.9. The summed E-state index contributed by atoms with van der Waals surface area (Å²) in [6.45, 7) is 1.43. The van der Waals surface area contributed by atoms with Crippen molar-refractivity contribution in [1.82, 2.24) is 0 Å². The number of aliphatic hydroxyl groups excluding tert-OH is 3. The van der Waals surface area contributed by atoms with Crippen molar-refractivity contribution in [2.24, 2.45) is 0 Å². The zero-order valence-corrected chi connectivity index (χ0v) is 15.1. The van der Waals surface area contributed by atoms with Crippen LogP contribution in [0.3, 0.4) is 0 Å². The topological polar surface area (TPSA) is 107 Å². The Bertz CT molecular complexity index is 851. The zero-order chi connectivity index (χ0) is 19.8. The number of carbonyl (C=O) groups is 1. The van der Waals surface area contributed by atoms with Crippen molar-refractivity contribution in [3.63, 3.8) is 0 Å². The number of aromatic hydroxyl groups is 1. The van der Waals surface area contributed by atoms with Gasteiger partial charge < -0.3 is 25.2 Å². The van der Waals surface area contributed by atoms with Crippen molar-refractivity contribution in [3.05, 3.63) is 59.3 Å². The van der Waals surface area contributed by atoms with Crippen LogP contribution < -0.4 is 0 Å². The maximum Gasteiger partial charge on any atom is 0.335 e. The first kappa shape index (κ1) is 20.7. The highest BCUT2D eigenvalue weighted by Gasteiger charge is 2.17. The number of ether oxygens (including phenoxy) is 1. The molecule has 0 radical (unpaired) electrons. The Morgan fingerprint density at radius 1 is 1.19 bits per heavy atom. The van der Waals surface area contributed by atoms with E-state index < -0.39 is 18.2 Å². The van der Waals surface area contributed by atoms with Gasteiger partial charge in [0, 0.05) is 18.2 Å². The second-order valence-corrected chi connectivity index (χ2v) is 6.05. The van der Waals surface area contributed by atoms with Gasteiger partial charge in [0.2, 0.25) is 0 Å². The maximum absolute atomic E-state index is 11.4. The van der Waals surface area contributed by atoms with E-state index in [-0.39, 0.29) is 31.8 Å². The molecule has 0 spiro atoms. The fourth-order valence-corrected chi connectivity index (χ4v) is 2.76. The van der Waals surface area contributed by atoms with Crippen LogP contribution in [0.15, 0.2) is 53.8 Å². The molecule has 2 aromatic rings. The number of carbonyl (C=O) groups excluding carboxylic acids is 1. The van der Waals surface area contributed by atoms with Crippen molar-refractivity contribution in [2.75, 3.05) is 13.2 Å². The highest BCUT2D eigenvalue weighted by Crippen LogP contribution is 2.32. The molecule has 0 aliphatic rings. The van der Waals surface area contributed by atoms with Gasteiger partial charge in [-0.3, -0.25) is 0 Å². The SMILES string of the molecule is CCOC(=O)[C@H](O)CC(=C=CC[C@@H](O)c1ccc(O)c2ccccc12)CO. The summed E-state index contributed by atoms with van der Waals surface area (Å²) >= 11 is 0. The van der Waals surface area contributed by atoms with Crippen LogP contribution in [0.2, 0.25) is 0 Å². The van der Waals surface area contributed by atoms with Crippen molar-refractivity contribution >= 4 is 16.7 Å². The predicted molar refractivity (Wildman–Crippen MR) is 101 cm³/mol. The average Bonchev–Trinajstić information content (AvgIpc) is 2.67. The quantitative estimate of drug-likeness (QED) is 0.419. The standard InChI is InChI=1S/C21H24O6/c1-2-27-21(26)20(25)12-14(13-22)6-5-9-18(23)17-10-11-19(24)16-8-4-3-7-15(16)17/h3-5,7-8,10-11,18,20,22-25H,2,9,12-13H2,1H3/t6?,18-,20-/m1/s1. The smallest absolute Gasteiger partial charge is 0.335 e. The summed E-state index contributed by atoms with van der Waals surface area (Å²) < 4.78 is 4.72. The molecule has 0 heterocycles. The molecule has 0 aromatic heterocycles. The van der Waals surface area contributed by atoms with Crippen LogP contribution in [0.4, 0.5) is 0 Å². The summed E-state index contributed by atoms with van der Waals surface area (Å²) in [5.41, 5.74) is 3.82. The summed E-state index contributed by atoms with van der Waals surface area (Å²) in [5.74, 6) is -0.603. The Labute approximate surface area is 157 Å². The number of phenols is 1. The molecule has 6 heteroatoms. The van der Waals surface area contributed by atoms with Gasteiger partial charge in [-0.15, -0.1) is 5.73 Å². The maximum atomic E-state index is 11.4. The second-order valence-electron chi connectivity index (χ2n) is 6.05. The molecule has 0 unspecified atom stereocenters. The average molecular weight is 372 g/mol. The van der Waals surface area contributed by atoms with Crippen molar-refractivity contribution in [3.8, 4) is 5.75 Å². The molecule has 0 bridgehead atoms. The Morgan fingerprint density at radius 2 is 1.89 bits per heavy atom. The Hall–Kier alpha value is -2.63. The number of aliphatic hydroxyl groups is 3. The lowest BCUT2D eigenvalue weighted by Gasteiger charge is -2.13. The van der Waals surface area contributed by atoms with Crippen molar-refractivity contribution in [1.29, 1.82) is 0 Å². The summed E-state index contributed by atoms with van der Waals surface area (Å²) in [7, 11) is 0. The zero-order valence-electron chi connectivity index (χ0n) is 15.1. The van der Waals surface area contributed by atoms with E-state index >= 15 is 0 Å². The van der Waals surface area contributed by atoms with E-state index in [4.69, 9.17) is 4.74 Å². The summed E-state index contributed by atoms with van der Waals surface area (Å²) in [6, 6.07) is 10.4. The van der Waals surface area contributed by atoms with E-state index in [1.165, 1.54) is 6.07 Å². The third-order valence-corrected chi connectivity index (χ3v) is 4.13. The van der Waals surface area contributed by atoms with E-state index in [1.54, 1.807) is 25.1 Å². The molecular formula is C21H24O6. The van der Waals surface area contributed by atoms with E-state index in [9.17, 15) is 25.2 Å². The Balaban J connectivity index is 2.13. The fraction of sp³-hybridized carbons (Fsp3) is 0.333. The van der Waals surface area contributed by atoms with Crippen LogP contribution in [0.25, 0.3) is 10.8 Å². The molecule has 4 N–H and O–H groups in total. The lowest BCUT2D eigenvalue weighted by molar-refractivity contribution is -0.152. The van der Waals surface area contributed by atoms with Crippen molar-refractivity contribution in [2.45, 2.75) is 32.0 Å². The van der Waals surface area contributed by atoms with Crippen LogP contribution in [-0.4, -0.2) is 45.7 Å². The molecule has 2 aromatic carbocycles. The van der Waals surface area contributed by atoms with Crippen LogP contribution in [0.5, 0.6) is 5.75 Å². The Kier molecular flexibility index (Phi) is 7.58. The molecule has 0 amide bonds. The minimum Gasteiger partial charge on any atom is -0.507 e. The van der Waals surface area contributed by atoms with Gasteiger partial charge in [0.25, 0.3) is 0 Å². The predicted octanol–water partition coefficient (Wildman–Crippen LogP) is 2.36. The number of hydrogen-bond donors (Lipinski definition) is 4. The molecule has 0 aliphatic heterocycles. The van der Waals surface area contributed by atoms with E-state index in [0.29, 0.717) is 16.5 Å². The minimum atomic E-state index is -1.36. The van der Waals surface area contributed by atoms with Crippen LogP contribution in [-0.2, 0) is 9.53 Å². The van der Waals surface area contributed by atoms with E-state index in [1.807, 2.05) is 18.2 Å². The van der Waals surface area contributed by atoms with E-state index in [2.05, 4.69) is 5.73 Å². The van der Waals surface area contributed by atoms with Gasteiger partial charge in [-0.05, 0) is 35.6 Å². The summed E-state index contributed by atoms with van der Waals surface area (Å²) in [6.07, 6.45) is -0.523. The monoisotopic (exact) mass is 372 g/mol. The summed E-state index contributed by atoms with van der Waals surface area (Å²) in [4.78, 5) is 11.4. The van der Waals surface area contributed by atoms with Gasteiger partial charge in [-0.25, -0.2) is 4.79 Å². The highest BCUT2D eigenvalue weighted by atomic mass is 16.5. The highest BCUT2D eigenvalue weighted by molar-refractivity contribution is 5.91. The molecule has 6 nitrogen and oxygen atoms in total. The first-order valence-electron chi connectivity index (χ1n) is 8.75. The molecule has 27 heavy (non-hydrogen) atoms. The number of esters is 1. The molecule has 0 saturated heterocycles. The van der Waals surface area contributed by atoms with Gasteiger partial charge in [-0.1, -0.05) is 30.3 Å². The number of benzene rings is 2. The lowest BCUT2D eigenvalue weighted by Crippen LogP contribution is -2.23. The number of fused-ring (bicyclic) bond motifs is 1. The second kappa shape index (κ2) is 9.90. The largest absolute Gasteiger partial charge is 0.507 e. The molecular weight excluding hydrogens is 348 g/mol. The van der Waals surface area contributed by atoms with Crippen LogP contribution >= 0.6 is 0 Å². The molecule has 144 valence electrons. The van der Waals surface area contributed by atoms with Gasteiger partial charge in [-0.2, -0.15) is 0 Å². The first-order valence-corrected chi connectivity index (χ1v) is 8.75.